The molecule has 0 unspecified atom stereocenters. The molecule has 156 valence electrons. The van der Waals surface area contributed by atoms with Crippen LogP contribution < -0.4 is 16.0 Å². The summed E-state index contributed by atoms with van der Waals surface area (Å²) in [5.74, 6) is -0.237. The number of nitrogens with zero attached hydrogens (tertiary/aromatic N) is 2. The Balaban J connectivity index is 1.38. The van der Waals surface area contributed by atoms with E-state index >= 15 is 0 Å². The number of anilines is 1. The van der Waals surface area contributed by atoms with Gasteiger partial charge < -0.3 is 20.7 Å². The van der Waals surface area contributed by atoms with Gasteiger partial charge in [-0.25, -0.2) is 0 Å². The molecule has 0 bridgehead atoms. The summed E-state index contributed by atoms with van der Waals surface area (Å²) in [6.07, 6.45) is 2.89. The molecule has 2 atom stereocenters. The second kappa shape index (κ2) is 9.70. The first-order valence-corrected chi connectivity index (χ1v) is 10.6. The van der Waals surface area contributed by atoms with Gasteiger partial charge in [0.15, 0.2) is 0 Å². The number of carbonyl (C=O) groups is 1. The smallest absolute Gasteiger partial charge is 0.251 e. The first kappa shape index (κ1) is 20.3. The molecular formula is C23H27N5O2. The van der Waals surface area contributed by atoms with Crippen molar-refractivity contribution in [2.75, 3.05) is 31.6 Å². The van der Waals surface area contributed by atoms with Crippen molar-refractivity contribution in [3.63, 3.8) is 0 Å². The van der Waals surface area contributed by atoms with Crippen molar-refractivity contribution in [1.82, 2.24) is 15.6 Å². The van der Waals surface area contributed by atoms with E-state index in [0.717, 1.165) is 60.6 Å². The molecule has 0 radical (unpaired) electrons. The number of benzene rings is 1. The van der Waals surface area contributed by atoms with Crippen LogP contribution in [0, 0.1) is 11.3 Å². The van der Waals surface area contributed by atoms with Crippen LogP contribution in [0.3, 0.4) is 0 Å². The third kappa shape index (κ3) is 4.96. The van der Waals surface area contributed by atoms with E-state index in [4.69, 9.17) is 9.72 Å². The Labute approximate surface area is 176 Å². The number of nitriles is 1. The Bertz CT molecular complexity index is 914. The third-order valence-electron chi connectivity index (χ3n) is 5.48. The highest BCUT2D eigenvalue weighted by Gasteiger charge is 2.23. The van der Waals surface area contributed by atoms with E-state index in [-0.39, 0.29) is 5.91 Å². The van der Waals surface area contributed by atoms with Gasteiger partial charge in [0.25, 0.3) is 5.91 Å². The number of pyridine rings is 1. The van der Waals surface area contributed by atoms with E-state index in [2.05, 4.69) is 28.1 Å². The maximum atomic E-state index is 12.4. The maximum Gasteiger partial charge on any atom is 0.251 e. The quantitative estimate of drug-likeness (QED) is 0.704. The molecule has 0 spiro atoms. The Kier molecular flexibility index (Phi) is 6.57. The lowest BCUT2D eigenvalue weighted by atomic mass is 10.0. The van der Waals surface area contributed by atoms with Crippen LogP contribution in [0.1, 0.15) is 24.1 Å². The standard InChI is InChI=1S/C23H27N5O2/c24-14-18(27-23(29)22-15-25-10-2-12-30-22)13-16-4-6-17(7-5-16)19-8-9-20-21(28-19)3-1-11-26-20/h4-9,18,22,25-26H,1-3,10-13,15H2,(H,27,29)/t18-,22-/m0/s1. The zero-order chi connectivity index (χ0) is 20.8. The zero-order valence-electron chi connectivity index (χ0n) is 17.0. The van der Waals surface area contributed by atoms with E-state index in [1.807, 2.05) is 30.3 Å². The number of hydrogen-bond donors (Lipinski definition) is 3. The highest BCUT2D eigenvalue weighted by Crippen LogP contribution is 2.25. The molecule has 1 saturated heterocycles. The van der Waals surface area contributed by atoms with Crippen LogP contribution in [0.25, 0.3) is 11.3 Å². The van der Waals surface area contributed by atoms with Crippen LogP contribution >= 0.6 is 0 Å². The molecule has 3 heterocycles. The van der Waals surface area contributed by atoms with Crippen molar-refractivity contribution in [1.29, 1.82) is 5.26 Å². The first-order valence-electron chi connectivity index (χ1n) is 10.6. The first-order chi connectivity index (χ1) is 14.7. The van der Waals surface area contributed by atoms with Crippen molar-refractivity contribution in [2.45, 2.75) is 37.8 Å². The molecule has 3 N–H and O–H groups in total. The van der Waals surface area contributed by atoms with E-state index in [1.165, 1.54) is 0 Å². The Hall–Kier alpha value is -2.95. The minimum absolute atomic E-state index is 0.237. The van der Waals surface area contributed by atoms with Crippen molar-refractivity contribution in [3.8, 4) is 17.3 Å². The minimum Gasteiger partial charge on any atom is -0.384 e. The average Bonchev–Trinajstić information content (AvgIpc) is 3.08. The number of fused-ring (bicyclic) bond motifs is 1. The van der Waals surface area contributed by atoms with E-state index in [9.17, 15) is 10.1 Å². The number of amides is 1. The summed E-state index contributed by atoms with van der Waals surface area (Å²) in [5, 5.41) is 18.9. The van der Waals surface area contributed by atoms with Crippen LogP contribution in [0.4, 0.5) is 5.69 Å². The van der Waals surface area contributed by atoms with Gasteiger partial charge in [-0.05, 0) is 43.5 Å². The number of carbonyl (C=O) groups excluding carboxylic acids is 1. The Morgan fingerprint density at radius 1 is 1.23 bits per heavy atom. The fourth-order valence-electron chi connectivity index (χ4n) is 3.82. The van der Waals surface area contributed by atoms with Crippen LogP contribution in [0.15, 0.2) is 36.4 Å². The number of aromatic nitrogens is 1. The number of aryl methyl sites for hydroxylation is 1. The molecule has 7 nitrogen and oxygen atoms in total. The summed E-state index contributed by atoms with van der Waals surface area (Å²) in [7, 11) is 0. The normalized spacial score (nSPS) is 19.5. The average molecular weight is 406 g/mol. The van der Waals surface area contributed by atoms with E-state index < -0.39 is 12.1 Å². The van der Waals surface area contributed by atoms with Gasteiger partial charge in [0.2, 0.25) is 0 Å². The largest absolute Gasteiger partial charge is 0.384 e. The van der Waals surface area contributed by atoms with Gasteiger partial charge in [-0.2, -0.15) is 5.26 Å². The van der Waals surface area contributed by atoms with Crippen LogP contribution in [-0.4, -0.2) is 49.3 Å². The molecule has 4 rings (SSSR count). The summed E-state index contributed by atoms with van der Waals surface area (Å²) >= 11 is 0. The number of hydrogen-bond acceptors (Lipinski definition) is 6. The van der Waals surface area contributed by atoms with Crippen molar-refractivity contribution in [2.24, 2.45) is 0 Å². The highest BCUT2D eigenvalue weighted by molar-refractivity contribution is 5.81. The fraction of sp³-hybridized carbons (Fsp3) is 0.435. The van der Waals surface area contributed by atoms with Crippen molar-refractivity contribution in [3.05, 3.63) is 47.7 Å². The zero-order valence-corrected chi connectivity index (χ0v) is 17.0. The molecule has 30 heavy (non-hydrogen) atoms. The van der Waals surface area contributed by atoms with E-state index in [1.54, 1.807) is 0 Å². The molecule has 1 aromatic heterocycles. The number of rotatable bonds is 5. The SMILES string of the molecule is N#C[C@H](Cc1ccc(-c2ccc3c(n2)CCCN3)cc1)NC(=O)[C@@H]1CNCCCO1. The second-order valence-corrected chi connectivity index (χ2v) is 7.73. The van der Waals surface area contributed by atoms with Crippen LogP contribution in [-0.2, 0) is 22.4 Å². The summed E-state index contributed by atoms with van der Waals surface area (Å²) < 4.78 is 5.57. The molecule has 0 aliphatic carbocycles. The molecule has 2 aliphatic rings. The van der Waals surface area contributed by atoms with Crippen LogP contribution in [0.5, 0.6) is 0 Å². The Morgan fingerprint density at radius 2 is 2.10 bits per heavy atom. The van der Waals surface area contributed by atoms with E-state index in [0.29, 0.717) is 19.6 Å². The third-order valence-corrected chi connectivity index (χ3v) is 5.48. The monoisotopic (exact) mass is 405 g/mol. The molecule has 1 aromatic carbocycles. The lowest BCUT2D eigenvalue weighted by Crippen LogP contribution is -2.46. The highest BCUT2D eigenvalue weighted by atomic mass is 16.5. The van der Waals surface area contributed by atoms with Gasteiger partial charge in [0.1, 0.15) is 12.1 Å². The van der Waals surface area contributed by atoms with Gasteiger partial charge in [0, 0.05) is 31.7 Å². The lowest BCUT2D eigenvalue weighted by molar-refractivity contribution is -0.132. The second-order valence-electron chi connectivity index (χ2n) is 7.73. The molecule has 2 aliphatic heterocycles. The molecule has 0 saturated carbocycles. The molecular weight excluding hydrogens is 378 g/mol. The Morgan fingerprint density at radius 3 is 2.93 bits per heavy atom. The summed E-state index contributed by atoms with van der Waals surface area (Å²) in [4.78, 5) is 17.2. The van der Waals surface area contributed by atoms with Crippen LogP contribution in [0.2, 0.25) is 0 Å². The topological polar surface area (TPSA) is 99.1 Å². The fourth-order valence-corrected chi connectivity index (χ4v) is 3.82. The predicted octanol–water partition coefficient (Wildman–Crippen LogP) is 2.04. The summed E-state index contributed by atoms with van der Waals surface area (Å²) in [6.45, 7) is 2.87. The number of ether oxygens (including phenoxy) is 1. The molecule has 7 heteroatoms. The maximum absolute atomic E-state index is 12.4. The van der Waals surface area contributed by atoms with Gasteiger partial charge in [-0.15, -0.1) is 0 Å². The number of nitrogens with one attached hydrogen (secondary N) is 3. The molecule has 1 amide bonds. The molecule has 2 aromatic rings. The van der Waals surface area contributed by atoms with Crippen molar-refractivity contribution < 1.29 is 9.53 Å². The van der Waals surface area contributed by atoms with Gasteiger partial charge >= 0.3 is 0 Å². The summed E-state index contributed by atoms with van der Waals surface area (Å²) in [6, 6.07) is 13.8. The van der Waals surface area contributed by atoms with Crippen molar-refractivity contribution >= 4 is 11.6 Å². The minimum atomic E-state index is -0.594. The summed E-state index contributed by atoms with van der Waals surface area (Å²) in [5.41, 5.74) is 5.23. The predicted molar refractivity (Wildman–Crippen MR) is 115 cm³/mol. The van der Waals surface area contributed by atoms with Gasteiger partial charge in [-0.1, -0.05) is 24.3 Å². The van der Waals surface area contributed by atoms with Gasteiger partial charge in [-0.3, -0.25) is 9.78 Å². The lowest BCUT2D eigenvalue weighted by Gasteiger charge is -2.18. The van der Waals surface area contributed by atoms with Gasteiger partial charge in [0.05, 0.1) is 23.1 Å². The molecule has 1 fully saturated rings.